The average molecular weight is 271 g/mol. The summed E-state index contributed by atoms with van der Waals surface area (Å²) in [4.78, 5) is 8.17. The highest BCUT2D eigenvalue weighted by atomic mass is 19.1. The predicted molar refractivity (Wildman–Crippen MR) is 69.3 cm³/mol. The molecule has 0 fully saturated rings. The van der Waals surface area contributed by atoms with Crippen molar-refractivity contribution in [3.63, 3.8) is 0 Å². The fraction of sp³-hybridized carbons (Fsp3) is 0.0714. The standard InChI is InChI=1S/C14H10FN3O2/c1-8-4-5-16-7-11(8)13-17-14(20-18-13)10-3-2-9(19)6-12(10)15/h2-7,19H,1H3. The number of hydrogen-bond acceptors (Lipinski definition) is 5. The van der Waals surface area contributed by atoms with Gasteiger partial charge in [0.05, 0.1) is 5.56 Å². The van der Waals surface area contributed by atoms with Crippen LogP contribution in [0.5, 0.6) is 5.75 Å². The van der Waals surface area contributed by atoms with Crippen molar-refractivity contribution in [2.75, 3.05) is 0 Å². The Morgan fingerprint density at radius 1 is 1.20 bits per heavy atom. The molecule has 0 saturated carbocycles. The van der Waals surface area contributed by atoms with Gasteiger partial charge in [0.15, 0.2) is 0 Å². The first kappa shape index (κ1) is 12.3. The monoisotopic (exact) mass is 271 g/mol. The van der Waals surface area contributed by atoms with Gasteiger partial charge in [0.2, 0.25) is 5.82 Å². The number of aryl methyl sites for hydroxylation is 1. The lowest BCUT2D eigenvalue weighted by molar-refractivity contribution is 0.428. The summed E-state index contributed by atoms with van der Waals surface area (Å²) in [5, 5.41) is 13.0. The maximum atomic E-state index is 13.7. The van der Waals surface area contributed by atoms with Gasteiger partial charge in [0, 0.05) is 24.0 Å². The smallest absolute Gasteiger partial charge is 0.261 e. The van der Waals surface area contributed by atoms with Crippen LogP contribution in [-0.2, 0) is 0 Å². The van der Waals surface area contributed by atoms with E-state index in [4.69, 9.17) is 4.52 Å². The summed E-state index contributed by atoms with van der Waals surface area (Å²) < 4.78 is 18.8. The van der Waals surface area contributed by atoms with Crippen LogP contribution in [0.3, 0.4) is 0 Å². The molecular weight excluding hydrogens is 261 g/mol. The maximum Gasteiger partial charge on any atom is 0.261 e. The summed E-state index contributed by atoms with van der Waals surface area (Å²) in [6.07, 6.45) is 3.29. The number of pyridine rings is 1. The molecule has 20 heavy (non-hydrogen) atoms. The lowest BCUT2D eigenvalue weighted by Gasteiger charge is -1.98. The van der Waals surface area contributed by atoms with E-state index in [2.05, 4.69) is 15.1 Å². The molecule has 0 saturated heterocycles. The van der Waals surface area contributed by atoms with Crippen molar-refractivity contribution in [2.24, 2.45) is 0 Å². The molecule has 0 aliphatic carbocycles. The van der Waals surface area contributed by atoms with Gasteiger partial charge in [-0.1, -0.05) is 5.16 Å². The summed E-state index contributed by atoms with van der Waals surface area (Å²) in [5.41, 5.74) is 1.81. The Hall–Kier alpha value is -2.76. The number of phenolic OH excluding ortho intramolecular Hbond substituents is 1. The molecule has 3 aromatic rings. The highest BCUT2D eigenvalue weighted by molar-refractivity contribution is 5.62. The number of halogens is 1. The molecule has 0 unspecified atom stereocenters. The van der Waals surface area contributed by atoms with E-state index in [1.54, 1.807) is 12.4 Å². The van der Waals surface area contributed by atoms with Crippen molar-refractivity contribution in [1.29, 1.82) is 0 Å². The molecule has 2 aromatic heterocycles. The van der Waals surface area contributed by atoms with E-state index in [0.29, 0.717) is 5.82 Å². The van der Waals surface area contributed by atoms with Gasteiger partial charge in [-0.25, -0.2) is 4.39 Å². The van der Waals surface area contributed by atoms with E-state index in [-0.39, 0.29) is 17.2 Å². The third-order valence-electron chi connectivity index (χ3n) is 2.89. The van der Waals surface area contributed by atoms with Gasteiger partial charge in [0.1, 0.15) is 11.6 Å². The molecule has 5 nitrogen and oxygen atoms in total. The summed E-state index contributed by atoms with van der Waals surface area (Å²) in [6, 6.07) is 5.57. The Kier molecular flexibility index (Phi) is 2.90. The van der Waals surface area contributed by atoms with Crippen molar-refractivity contribution < 1.29 is 14.0 Å². The van der Waals surface area contributed by atoms with Crippen LogP contribution in [0.15, 0.2) is 41.2 Å². The van der Waals surface area contributed by atoms with E-state index < -0.39 is 5.82 Å². The second kappa shape index (κ2) is 4.73. The highest BCUT2D eigenvalue weighted by Gasteiger charge is 2.15. The van der Waals surface area contributed by atoms with Crippen molar-refractivity contribution in [3.8, 4) is 28.6 Å². The van der Waals surface area contributed by atoms with Crippen molar-refractivity contribution >= 4 is 0 Å². The first-order valence-electron chi connectivity index (χ1n) is 5.89. The van der Waals surface area contributed by atoms with Gasteiger partial charge >= 0.3 is 0 Å². The molecule has 100 valence electrons. The molecule has 0 atom stereocenters. The Balaban J connectivity index is 2.04. The first-order valence-corrected chi connectivity index (χ1v) is 5.89. The summed E-state index contributed by atoms with van der Waals surface area (Å²) in [6.45, 7) is 1.90. The number of hydrogen-bond donors (Lipinski definition) is 1. The minimum atomic E-state index is -0.622. The third-order valence-corrected chi connectivity index (χ3v) is 2.89. The van der Waals surface area contributed by atoms with Gasteiger partial charge in [-0.3, -0.25) is 4.98 Å². The molecule has 2 heterocycles. The van der Waals surface area contributed by atoms with E-state index >= 15 is 0 Å². The molecule has 0 amide bonds. The Bertz CT molecular complexity index is 771. The lowest BCUT2D eigenvalue weighted by atomic mass is 10.1. The quantitative estimate of drug-likeness (QED) is 0.775. The van der Waals surface area contributed by atoms with Gasteiger partial charge < -0.3 is 9.63 Å². The van der Waals surface area contributed by atoms with Gasteiger partial charge in [-0.2, -0.15) is 4.98 Å². The second-order valence-corrected chi connectivity index (χ2v) is 4.28. The molecule has 1 aromatic carbocycles. The largest absolute Gasteiger partial charge is 0.508 e. The summed E-state index contributed by atoms with van der Waals surface area (Å²) in [5.74, 6) is -0.379. The van der Waals surface area contributed by atoms with Crippen LogP contribution < -0.4 is 0 Å². The number of nitrogens with zero attached hydrogens (tertiary/aromatic N) is 3. The zero-order valence-corrected chi connectivity index (χ0v) is 10.5. The number of aromatic nitrogens is 3. The minimum Gasteiger partial charge on any atom is -0.508 e. The van der Waals surface area contributed by atoms with E-state index in [1.165, 1.54) is 12.1 Å². The molecular formula is C14H10FN3O2. The van der Waals surface area contributed by atoms with Crippen LogP contribution in [0.25, 0.3) is 22.8 Å². The van der Waals surface area contributed by atoms with Crippen molar-refractivity contribution in [2.45, 2.75) is 6.92 Å². The molecule has 0 bridgehead atoms. The van der Waals surface area contributed by atoms with E-state index in [1.807, 2.05) is 13.0 Å². The van der Waals surface area contributed by atoms with Crippen LogP contribution >= 0.6 is 0 Å². The molecule has 3 rings (SSSR count). The predicted octanol–water partition coefficient (Wildman–Crippen LogP) is 2.95. The first-order chi connectivity index (χ1) is 9.65. The second-order valence-electron chi connectivity index (χ2n) is 4.28. The van der Waals surface area contributed by atoms with Crippen LogP contribution in [-0.4, -0.2) is 20.2 Å². The maximum absolute atomic E-state index is 13.7. The zero-order chi connectivity index (χ0) is 14.1. The number of aromatic hydroxyl groups is 1. The fourth-order valence-corrected chi connectivity index (χ4v) is 1.82. The summed E-state index contributed by atoms with van der Waals surface area (Å²) >= 11 is 0. The SMILES string of the molecule is Cc1ccncc1-c1noc(-c2ccc(O)cc2F)n1. The van der Waals surface area contributed by atoms with Crippen molar-refractivity contribution in [1.82, 2.24) is 15.1 Å². The van der Waals surface area contributed by atoms with Gasteiger partial charge in [-0.05, 0) is 30.7 Å². The van der Waals surface area contributed by atoms with E-state index in [0.717, 1.165) is 17.2 Å². The third kappa shape index (κ3) is 2.11. The van der Waals surface area contributed by atoms with E-state index in [9.17, 15) is 9.50 Å². The minimum absolute atomic E-state index is 0.0563. The molecule has 6 heteroatoms. The Labute approximate surface area is 113 Å². The summed E-state index contributed by atoms with van der Waals surface area (Å²) in [7, 11) is 0. The topological polar surface area (TPSA) is 72.0 Å². The highest BCUT2D eigenvalue weighted by Crippen LogP contribution is 2.27. The van der Waals surface area contributed by atoms with Gasteiger partial charge in [0.25, 0.3) is 5.89 Å². The molecule has 0 aliphatic heterocycles. The van der Waals surface area contributed by atoms with Crippen LogP contribution in [0.1, 0.15) is 5.56 Å². The van der Waals surface area contributed by atoms with Crippen LogP contribution in [0.2, 0.25) is 0 Å². The van der Waals surface area contributed by atoms with Gasteiger partial charge in [-0.15, -0.1) is 0 Å². The average Bonchev–Trinajstić information content (AvgIpc) is 2.88. The number of rotatable bonds is 2. The Morgan fingerprint density at radius 2 is 2.05 bits per heavy atom. The lowest BCUT2D eigenvalue weighted by Crippen LogP contribution is -1.87. The molecule has 0 aliphatic rings. The number of benzene rings is 1. The van der Waals surface area contributed by atoms with Crippen LogP contribution in [0, 0.1) is 12.7 Å². The Morgan fingerprint density at radius 3 is 2.80 bits per heavy atom. The number of phenols is 1. The zero-order valence-electron chi connectivity index (χ0n) is 10.5. The normalized spacial score (nSPS) is 10.7. The van der Waals surface area contributed by atoms with Crippen LogP contribution in [0.4, 0.5) is 4.39 Å². The fourth-order valence-electron chi connectivity index (χ4n) is 1.82. The van der Waals surface area contributed by atoms with Crippen molar-refractivity contribution in [3.05, 3.63) is 48.0 Å². The molecule has 0 radical (unpaired) electrons. The molecule has 0 spiro atoms. The molecule has 1 N–H and O–H groups in total.